The second-order valence-corrected chi connectivity index (χ2v) is 6.35. The van der Waals surface area contributed by atoms with Crippen molar-refractivity contribution >= 4 is 18.4 Å². The summed E-state index contributed by atoms with van der Waals surface area (Å²) in [6.07, 6.45) is 0.619. The van der Waals surface area contributed by atoms with Crippen LogP contribution in [0.5, 0.6) is 0 Å². The normalized spacial score (nSPS) is 18.7. The van der Waals surface area contributed by atoms with E-state index in [1.54, 1.807) is 0 Å². The topological polar surface area (TPSA) is 29.5 Å². The molecule has 0 spiro atoms. The van der Waals surface area contributed by atoms with Crippen molar-refractivity contribution in [2.24, 2.45) is 0 Å². The summed E-state index contributed by atoms with van der Waals surface area (Å²) in [5, 5.41) is 0. The van der Waals surface area contributed by atoms with E-state index in [4.69, 9.17) is 4.74 Å². The van der Waals surface area contributed by atoms with Crippen LogP contribution in [0.1, 0.15) is 31.4 Å². The molecule has 3 rings (SSSR count). The van der Waals surface area contributed by atoms with Gasteiger partial charge in [-0.15, -0.1) is 12.4 Å². The third-order valence-electron chi connectivity index (χ3n) is 5.05. The van der Waals surface area contributed by atoms with Crippen molar-refractivity contribution in [3.05, 3.63) is 71.8 Å². The van der Waals surface area contributed by atoms with Crippen molar-refractivity contribution in [3.63, 3.8) is 0 Å². The van der Waals surface area contributed by atoms with Crippen molar-refractivity contribution in [1.29, 1.82) is 0 Å². The summed E-state index contributed by atoms with van der Waals surface area (Å²) in [6, 6.07) is 20.1. The fraction of sp³-hybridized carbons (Fsp3) is 0.381. The van der Waals surface area contributed by atoms with E-state index in [0.717, 1.165) is 30.8 Å². The van der Waals surface area contributed by atoms with Crippen molar-refractivity contribution in [3.8, 4) is 0 Å². The van der Waals surface area contributed by atoms with Gasteiger partial charge >= 0.3 is 5.97 Å². The molecule has 1 heterocycles. The lowest BCUT2D eigenvalue weighted by atomic mass is 9.72. The third-order valence-corrected chi connectivity index (χ3v) is 5.05. The van der Waals surface area contributed by atoms with Crippen molar-refractivity contribution < 1.29 is 9.53 Å². The van der Waals surface area contributed by atoms with Gasteiger partial charge in [-0.1, -0.05) is 74.5 Å². The zero-order valence-electron chi connectivity index (χ0n) is 14.9. The Labute approximate surface area is 156 Å². The van der Waals surface area contributed by atoms with Crippen LogP contribution in [0, 0.1) is 0 Å². The molecule has 0 bridgehead atoms. The fourth-order valence-corrected chi connectivity index (χ4v) is 3.67. The maximum Gasteiger partial charge on any atom is 0.321 e. The van der Waals surface area contributed by atoms with Gasteiger partial charge in [-0.2, -0.15) is 0 Å². The molecule has 1 atom stereocenters. The molecule has 1 unspecified atom stereocenters. The molecule has 4 heteroatoms. The number of cyclic esters (lactones) is 1. The Kier molecular flexibility index (Phi) is 6.63. The zero-order chi connectivity index (χ0) is 17.0. The van der Waals surface area contributed by atoms with Gasteiger partial charge < -0.3 is 9.64 Å². The van der Waals surface area contributed by atoms with Gasteiger partial charge in [-0.3, -0.25) is 4.79 Å². The second-order valence-electron chi connectivity index (χ2n) is 6.35. The average molecular weight is 360 g/mol. The van der Waals surface area contributed by atoms with Crippen LogP contribution in [0.4, 0.5) is 0 Å². The predicted molar refractivity (Wildman–Crippen MR) is 103 cm³/mol. The number of nitrogens with zero attached hydrogens (tertiary/aromatic N) is 1. The van der Waals surface area contributed by atoms with Gasteiger partial charge in [0.05, 0.1) is 0 Å². The molecule has 1 saturated heterocycles. The van der Waals surface area contributed by atoms with Crippen LogP contribution in [0.25, 0.3) is 0 Å². The number of benzene rings is 2. The molecule has 0 radical (unpaired) electrons. The van der Waals surface area contributed by atoms with Crippen LogP contribution < -0.4 is 0 Å². The van der Waals surface area contributed by atoms with Crippen LogP contribution in [0.3, 0.4) is 0 Å². The van der Waals surface area contributed by atoms with Gasteiger partial charge in [-0.25, -0.2) is 0 Å². The molecule has 3 nitrogen and oxygen atoms in total. The second kappa shape index (κ2) is 8.50. The van der Waals surface area contributed by atoms with Crippen molar-refractivity contribution in [2.75, 3.05) is 19.6 Å². The molecule has 1 aliphatic rings. The SMILES string of the molecule is CCN(CC)CC1CC(c2ccccc2)(c2ccccc2)C(=O)O1.Cl. The Morgan fingerprint density at radius 3 is 1.88 bits per heavy atom. The molecule has 1 aliphatic heterocycles. The summed E-state index contributed by atoms with van der Waals surface area (Å²) >= 11 is 0. The van der Waals surface area contributed by atoms with Crippen molar-refractivity contribution in [1.82, 2.24) is 4.90 Å². The average Bonchev–Trinajstić information content (AvgIpc) is 2.98. The van der Waals surface area contributed by atoms with Gasteiger partial charge in [-0.05, 0) is 24.2 Å². The van der Waals surface area contributed by atoms with E-state index in [1.807, 2.05) is 60.7 Å². The highest BCUT2D eigenvalue weighted by atomic mass is 35.5. The van der Waals surface area contributed by atoms with Gasteiger partial charge in [0, 0.05) is 13.0 Å². The van der Waals surface area contributed by atoms with Gasteiger partial charge in [0.1, 0.15) is 11.5 Å². The van der Waals surface area contributed by atoms with Crippen LogP contribution in [0.15, 0.2) is 60.7 Å². The number of hydrogen-bond donors (Lipinski definition) is 0. The number of carbonyl (C=O) groups is 1. The Morgan fingerprint density at radius 1 is 0.960 bits per heavy atom. The number of hydrogen-bond acceptors (Lipinski definition) is 3. The molecule has 0 saturated carbocycles. The standard InChI is InChI=1S/C21H25NO2.ClH/c1-3-22(4-2)16-19-15-21(20(23)24-19,17-11-7-5-8-12-17)18-13-9-6-10-14-18;/h5-14,19H,3-4,15-16H2,1-2H3;1H. The molecule has 0 N–H and O–H groups in total. The highest BCUT2D eigenvalue weighted by molar-refractivity contribution is 5.89. The van der Waals surface area contributed by atoms with Crippen LogP contribution in [0.2, 0.25) is 0 Å². The summed E-state index contributed by atoms with van der Waals surface area (Å²) in [4.78, 5) is 15.3. The molecule has 0 amide bonds. The molecular formula is C21H26ClNO2. The maximum atomic E-state index is 13.0. The molecule has 25 heavy (non-hydrogen) atoms. The highest BCUT2D eigenvalue weighted by Gasteiger charge is 2.51. The smallest absolute Gasteiger partial charge is 0.321 e. The summed E-state index contributed by atoms with van der Waals surface area (Å²) in [5.41, 5.74) is 1.34. The monoisotopic (exact) mass is 359 g/mol. The molecule has 0 aliphatic carbocycles. The first-order valence-electron chi connectivity index (χ1n) is 8.75. The van der Waals surface area contributed by atoms with E-state index in [2.05, 4.69) is 18.7 Å². The van der Waals surface area contributed by atoms with Crippen LogP contribution >= 0.6 is 12.4 Å². The zero-order valence-corrected chi connectivity index (χ0v) is 15.7. The molecule has 2 aromatic carbocycles. The number of rotatable bonds is 6. The molecular weight excluding hydrogens is 334 g/mol. The number of ether oxygens (including phenoxy) is 1. The van der Waals surface area contributed by atoms with Crippen LogP contribution in [-0.2, 0) is 14.9 Å². The lowest BCUT2D eigenvalue weighted by Crippen LogP contribution is -2.34. The predicted octanol–water partition coefficient (Wildman–Crippen LogP) is 4.05. The molecule has 2 aromatic rings. The minimum atomic E-state index is -0.694. The van der Waals surface area contributed by atoms with E-state index >= 15 is 0 Å². The molecule has 0 aromatic heterocycles. The largest absolute Gasteiger partial charge is 0.460 e. The Balaban J connectivity index is 0.00000225. The Bertz CT molecular complexity index is 631. The summed E-state index contributed by atoms with van der Waals surface area (Å²) in [5.74, 6) is -0.128. The quantitative estimate of drug-likeness (QED) is 0.729. The van der Waals surface area contributed by atoms with Crippen molar-refractivity contribution in [2.45, 2.75) is 31.8 Å². The number of carbonyl (C=O) groups excluding carboxylic acids is 1. The number of halogens is 1. The minimum absolute atomic E-state index is 0. The number of esters is 1. The van der Waals surface area contributed by atoms with E-state index in [9.17, 15) is 4.79 Å². The fourth-order valence-electron chi connectivity index (χ4n) is 3.67. The van der Waals surface area contributed by atoms with Crippen LogP contribution in [-0.4, -0.2) is 36.6 Å². The van der Waals surface area contributed by atoms with E-state index in [1.165, 1.54) is 0 Å². The first kappa shape index (κ1) is 19.5. The lowest BCUT2D eigenvalue weighted by molar-refractivity contribution is -0.145. The van der Waals surface area contributed by atoms with Gasteiger partial charge in [0.15, 0.2) is 0 Å². The minimum Gasteiger partial charge on any atom is -0.460 e. The summed E-state index contributed by atoms with van der Waals surface area (Å²) in [7, 11) is 0. The summed E-state index contributed by atoms with van der Waals surface area (Å²) < 4.78 is 5.84. The highest BCUT2D eigenvalue weighted by Crippen LogP contribution is 2.43. The maximum absolute atomic E-state index is 13.0. The van der Waals surface area contributed by atoms with E-state index in [0.29, 0.717) is 6.42 Å². The molecule has 1 fully saturated rings. The summed E-state index contributed by atoms with van der Waals surface area (Å²) in [6.45, 7) is 7.01. The first-order chi connectivity index (χ1) is 11.7. The number of likely N-dealkylation sites (N-methyl/N-ethyl adjacent to an activating group) is 1. The molecule has 134 valence electrons. The third kappa shape index (κ3) is 3.73. The first-order valence-corrected chi connectivity index (χ1v) is 8.75. The van der Waals surface area contributed by atoms with E-state index < -0.39 is 5.41 Å². The van der Waals surface area contributed by atoms with Gasteiger partial charge in [0.25, 0.3) is 0 Å². The lowest BCUT2D eigenvalue weighted by Gasteiger charge is -2.26. The Morgan fingerprint density at radius 2 is 1.44 bits per heavy atom. The Hall–Kier alpha value is -1.84. The van der Waals surface area contributed by atoms with Gasteiger partial charge in [0.2, 0.25) is 0 Å². The van der Waals surface area contributed by atoms with E-state index in [-0.39, 0.29) is 24.5 Å².